The quantitative estimate of drug-likeness (QED) is 0.419. The van der Waals surface area contributed by atoms with Crippen molar-refractivity contribution in [3.63, 3.8) is 0 Å². The largest absolute Gasteiger partial charge is 0.0776 e. The third-order valence-electron chi connectivity index (χ3n) is 0.354. The molecule has 0 amide bonds. The van der Waals surface area contributed by atoms with Crippen LogP contribution in [0.25, 0.3) is 0 Å². The number of rotatable bonds is 1. The van der Waals surface area contributed by atoms with Crippen LogP contribution < -0.4 is 0 Å². The fourth-order valence-electron chi connectivity index (χ4n) is 0. The van der Waals surface area contributed by atoms with Crippen LogP contribution in [0.3, 0.4) is 0 Å². The van der Waals surface area contributed by atoms with Gasteiger partial charge in [0.15, 0.2) is 0 Å². The lowest BCUT2D eigenvalue weighted by Crippen LogP contribution is -1.47. The van der Waals surface area contributed by atoms with Gasteiger partial charge in [-0.05, 0) is 0 Å². The minimum Gasteiger partial charge on any atom is -0.0776 e. The SMILES string of the molecule is C.C.C.C.C.C.C.C.[2H]CCCC. The molecule has 0 spiro atoms. The van der Waals surface area contributed by atoms with Crippen LogP contribution in [-0.4, -0.2) is 0 Å². The Labute approximate surface area is 88.2 Å². The predicted octanol–water partition coefficient (Wildman–Crippen LogP) is 6.90. The number of hydrogen-bond donors (Lipinski definition) is 0. The molecule has 0 unspecified atom stereocenters. The summed E-state index contributed by atoms with van der Waals surface area (Å²) >= 11 is 0. The van der Waals surface area contributed by atoms with Crippen LogP contribution in [-0.2, 0) is 0 Å². The highest BCUT2D eigenvalue weighted by Gasteiger charge is 1.56. The average molecular weight is 187 g/mol. The zero-order valence-electron chi connectivity index (χ0n) is 4.12. The van der Waals surface area contributed by atoms with Crippen LogP contribution in [0, 0.1) is 0 Å². The van der Waals surface area contributed by atoms with Gasteiger partial charge < -0.3 is 0 Å². The molecule has 0 heterocycles. The summed E-state index contributed by atoms with van der Waals surface area (Å²) in [6, 6.07) is 0. The molecule has 0 fully saturated rings. The Bertz CT molecular complexity index is 12.6. The summed E-state index contributed by atoms with van der Waals surface area (Å²) in [5.41, 5.74) is 0. The molecule has 12 heavy (non-hydrogen) atoms. The predicted molar refractivity (Wildman–Crippen MR) is 74.4 cm³/mol. The van der Waals surface area contributed by atoms with Crippen molar-refractivity contribution < 1.29 is 1.37 Å². The monoisotopic (exact) mass is 187 g/mol. The van der Waals surface area contributed by atoms with Crippen molar-refractivity contribution in [2.75, 3.05) is 0 Å². The molecule has 0 radical (unpaired) electrons. The Morgan fingerprint density at radius 2 is 0.917 bits per heavy atom. The lowest BCUT2D eigenvalue weighted by atomic mass is 10.4. The Morgan fingerprint density at radius 3 is 0.917 bits per heavy atom. The summed E-state index contributed by atoms with van der Waals surface area (Å²) in [6.45, 7) is 2.69. The number of unbranched alkanes of at least 4 members (excludes halogenated alkanes) is 1. The Morgan fingerprint density at radius 1 is 0.667 bits per heavy atom. The first-order valence-electron chi connectivity index (χ1n) is 2.41. The Hall–Kier alpha value is 0. The normalized spacial score (nSPS) is 3.58. The topological polar surface area (TPSA) is 0 Å². The van der Waals surface area contributed by atoms with Gasteiger partial charge in [0, 0.05) is 1.37 Å². The lowest BCUT2D eigenvalue weighted by Gasteiger charge is -1.68. The zero-order valence-corrected chi connectivity index (χ0v) is 3.12. The van der Waals surface area contributed by atoms with Crippen molar-refractivity contribution in [3.05, 3.63) is 0 Å². The van der Waals surface area contributed by atoms with Gasteiger partial charge in [-0.3, -0.25) is 0 Å². The lowest BCUT2D eigenvalue weighted by molar-refractivity contribution is 0.886. The molecular formula is C12H42. The van der Waals surface area contributed by atoms with E-state index in [1.165, 1.54) is 0 Å². The maximum Gasteiger partial charge on any atom is 0.0230 e. The minimum absolute atomic E-state index is 0. The van der Waals surface area contributed by atoms with Gasteiger partial charge in [0.1, 0.15) is 0 Å². The van der Waals surface area contributed by atoms with Crippen molar-refractivity contribution in [2.45, 2.75) is 86.1 Å². The van der Waals surface area contributed by atoms with E-state index in [4.69, 9.17) is 1.37 Å². The molecule has 0 heteroatoms. The van der Waals surface area contributed by atoms with Gasteiger partial charge in [-0.2, -0.15) is 0 Å². The molecule has 0 bridgehead atoms. The highest BCUT2D eigenvalue weighted by Crippen LogP contribution is 1.76. The molecule has 90 valence electrons. The van der Waals surface area contributed by atoms with E-state index in [0.29, 0.717) is 6.90 Å². The van der Waals surface area contributed by atoms with Crippen molar-refractivity contribution in [2.24, 2.45) is 0 Å². The van der Waals surface area contributed by atoms with Gasteiger partial charge in [0.25, 0.3) is 0 Å². The molecule has 0 aromatic heterocycles. The smallest absolute Gasteiger partial charge is 0.0230 e. The van der Waals surface area contributed by atoms with Crippen molar-refractivity contribution in [1.82, 2.24) is 0 Å². The first-order valence-corrected chi connectivity index (χ1v) is 1.71. The van der Waals surface area contributed by atoms with E-state index in [2.05, 4.69) is 6.92 Å². The summed E-state index contributed by atoms with van der Waals surface area (Å²) in [6.07, 6.45) is 2.21. The number of hydrogen-bond acceptors (Lipinski definition) is 0. The van der Waals surface area contributed by atoms with E-state index in [-0.39, 0.29) is 59.4 Å². The van der Waals surface area contributed by atoms with E-state index in [1.54, 1.807) is 0 Å². The molecule has 0 aromatic rings. The average Bonchev–Trinajstić information content (AvgIpc) is 1.41. The van der Waals surface area contributed by atoms with Gasteiger partial charge in [0.2, 0.25) is 0 Å². The second-order valence-electron chi connectivity index (χ2n) is 0.854. The zero-order chi connectivity index (χ0) is 4.12. The van der Waals surface area contributed by atoms with Crippen molar-refractivity contribution >= 4 is 0 Å². The first-order chi connectivity index (χ1) is 2.41. The Kier molecular flexibility index (Phi) is 2080. The fraction of sp³-hybridized carbons (Fsp3) is 1.00. The molecule has 0 aromatic carbocycles. The third-order valence-corrected chi connectivity index (χ3v) is 0.354. The van der Waals surface area contributed by atoms with Crippen molar-refractivity contribution in [3.8, 4) is 0 Å². The van der Waals surface area contributed by atoms with E-state index >= 15 is 0 Å². The van der Waals surface area contributed by atoms with Crippen LogP contribution in [0.5, 0.6) is 0 Å². The maximum absolute atomic E-state index is 6.60. The Balaban J connectivity index is -0.00000000286. The second-order valence-corrected chi connectivity index (χ2v) is 0.854. The van der Waals surface area contributed by atoms with E-state index in [9.17, 15) is 0 Å². The first kappa shape index (κ1) is 90.8. The summed E-state index contributed by atoms with van der Waals surface area (Å²) < 4.78 is 6.60. The minimum atomic E-state index is 0. The van der Waals surface area contributed by atoms with Crippen molar-refractivity contribution in [1.29, 1.82) is 0 Å². The molecular weight excluding hydrogens is 144 g/mol. The van der Waals surface area contributed by atoms with E-state index in [0.717, 1.165) is 12.8 Å². The van der Waals surface area contributed by atoms with Gasteiger partial charge in [-0.15, -0.1) is 0 Å². The second kappa shape index (κ2) is 275. The molecule has 0 atom stereocenters. The summed E-state index contributed by atoms with van der Waals surface area (Å²) in [4.78, 5) is 0. The summed E-state index contributed by atoms with van der Waals surface area (Å²) in [7, 11) is 0. The highest BCUT2D eigenvalue weighted by atomic mass is 13.6. The maximum atomic E-state index is 6.60. The van der Waals surface area contributed by atoms with Crippen LogP contribution in [0.15, 0.2) is 0 Å². The molecule has 0 saturated carbocycles. The third kappa shape index (κ3) is 810. The van der Waals surface area contributed by atoms with Crippen LogP contribution in [0.2, 0.25) is 0 Å². The summed E-state index contributed by atoms with van der Waals surface area (Å²) in [5, 5.41) is 0. The fourth-order valence-corrected chi connectivity index (χ4v) is 0. The molecule has 0 aliphatic rings. The molecule has 0 nitrogen and oxygen atoms in total. The summed E-state index contributed by atoms with van der Waals surface area (Å²) in [5.74, 6) is 0. The molecule has 0 aliphatic heterocycles. The van der Waals surface area contributed by atoms with Gasteiger partial charge in [-0.1, -0.05) is 86.1 Å². The van der Waals surface area contributed by atoms with E-state index < -0.39 is 0 Å². The molecule has 0 rings (SSSR count). The van der Waals surface area contributed by atoms with Gasteiger partial charge in [-0.25, -0.2) is 0 Å². The van der Waals surface area contributed by atoms with Gasteiger partial charge in [0.05, 0.1) is 0 Å². The standard InChI is InChI=1S/C4H10.8CH4/c1-3-4-2;;;;;;;;/h3-4H2,1-2H3;8*1H4/i1D;;;;;;;;. The highest BCUT2D eigenvalue weighted by molar-refractivity contribution is 4.12. The van der Waals surface area contributed by atoms with Gasteiger partial charge >= 0.3 is 0 Å². The molecule has 0 aliphatic carbocycles. The van der Waals surface area contributed by atoms with Crippen LogP contribution in [0.1, 0.15) is 87.4 Å². The van der Waals surface area contributed by atoms with Crippen LogP contribution >= 0.6 is 0 Å². The van der Waals surface area contributed by atoms with Crippen LogP contribution in [0.4, 0.5) is 0 Å². The molecule has 0 N–H and O–H groups in total. The van der Waals surface area contributed by atoms with E-state index in [1.807, 2.05) is 0 Å². The molecule has 0 saturated heterocycles.